The monoisotopic (exact) mass is 290 g/mol. The molecule has 0 bridgehead atoms. The molecule has 2 amide bonds. The topological polar surface area (TPSA) is 78.9 Å². The first kappa shape index (κ1) is 13.7. The fraction of sp³-hybridized carbons (Fsp3) is 0.467. The first-order chi connectivity index (χ1) is 10.1. The number of aliphatic carboxylic acids is 1. The van der Waals surface area contributed by atoms with E-state index in [1.165, 1.54) is 0 Å². The second kappa shape index (κ2) is 5.63. The van der Waals surface area contributed by atoms with Gasteiger partial charge in [-0.25, -0.2) is 4.79 Å². The molecule has 0 radical (unpaired) electrons. The van der Waals surface area contributed by atoms with Crippen LogP contribution in [0.5, 0.6) is 5.75 Å². The standard InChI is InChI=1S/C15H18N2O4/c18-14(19)10-5-7-17(8-6-10)15(20)16-12-9-21-13-4-2-1-3-11(12)13/h1-4,10,12H,5-9H2,(H,16,20)(H,18,19). The van der Waals surface area contributed by atoms with Crippen LogP contribution in [-0.2, 0) is 4.79 Å². The predicted octanol–water partition coefficient (Wildman–Crippen LogP) is 1.63. The van der Waals surface area contributed by atoms with E-state index >= 15 is 0 Å². The molecule has 3 rings (SSSR count). The summed E-state index contributed by atoms with van der Waals surface area (Å²) in [6, 6.07) is 7.38. The van der Waals surface area contributed by atoms with Crippen LogP contribution < -0.4 is 10.1 Å². The van der Waals surface area contributed by atoms with Gasteiger partial charge in [0.25, 0.3) is 0 Å². The second-order valence-corrected chi connectivity index (χ2v) is 5.45. The van der Waals surface area contributed by atoms with Crippen molar-refractivity contribution in [2.24, 2.45) is 5.92 Å². The Labute approximate surface area is 122 Å². The number of para-hydroxylation sites is 1. The Balaban J connectivity index is 1.57. The number of amides is 2. The molecule has 21 heavy (non-hydrogen) atoms. The Bertz CT molecular complexity index is 552. The van der Waals surface area contributed by atoms with Crippen molar-refractivity contribution in [3.05, 3.63) is 29.8 Å². The molecule has 0 saturated carbocycles. The van der Waals surface area contributed by atoms with Gasteiger partial charge in [-0.1, -0.05) is 18.2 Å². The van der Waals surface area contributed by atoms with Crippen molar-refractivity contribution in [3.63, 3.8) is 0 Å². The highest BCUT2D eigenvalue weighted by Gasteiger charge is 2.30. The van der Waals surface area contributed by atoms with Crippen LogP contribution in [0.15, 0.2) is 24.3 Å². The molecule has 6 nitrogen and oxygen atoms in total. The summed E-state index contributed by atoms with van der Waals surface area (Å²) in [6.07, 6.45) is 1.03. The number of carboxylic acids is 1. The minimum atomic E-state index is -0.770. The summed E-state index contributed by atoms with van der Waals surface area (Å²) in [5, 5.41) is 11.9. The molecule has 0 aliphatic carbocycles. The molecular weight excluding hydrogens is 272 g/mol. The van der Waals surface area contributed by atoms with Gasteiger partial charge in [0.15, 0.2) is 0 Å². The minimum absolute atomic E-state index is 0.133. The van der Waals surface area contributed by atoms with E-state index in [1.54, 1.807) is 4.90 Å². The average Bonchev–Trinajstić information content (AvgIpc) is 2.91. The first-order valence-corrected chi connectivity index (χ1v) is 7.15. The first-order valence-electron chi connectivity index (χ1n) is 7.15. The number of piperidine rings is 1. The number of nitrogens with zero attached hydrogens (tertiary/aromatic N) is 1. The van der Waals surface area contributed by atoms with Gasteiger partial charge < -0.3 is 20.1 Å². The molecule has 2 heterocycles. The molecule has 6 heteroatoms. The highest BCUT2D eigenvalue weighted by molar-refractivity contribution is 5.76. The smallest absolute Gasteiger partial charge is 0.318 e. The zero-order valence-electron chi connectivity index (χ0n) is 11.6. The molecule has 1 fully saturated rings. The Kier molecular flexibility index (Phi) is 3.68. The number of fused-ring (bicyclic) bond motifs is 1. The fourth-order valence-electron chi connectivity index (χ4n) is 2.85. The number of nitrogens with one attached hydrogen (secondary N) is 1. The maximum Gasteiger partial charge on any atom is 0.318 e. The van der Waals surface area contributed by atoms with E-state index in [9.17, 15) is 9.59 Å². The third-order valence-corrected chi connectivity index (χ3v) is 4.13. The second-order valence-electron chi connectivity index (χ2n) is 5.45. The van der Waals surface area contributed by atoms with Gasteiger partial charge in [0.1, 0.15) is 12.4 Å². The highest BCUT2D eigenvalue weighted by atomic mass is 16.5. The van der Waals surface area contributed by atoms with Crippen LogP contribution >= 0.6 is 0 Å². The van der Waals surface area contributed by atoms with Gasteiger partial charge in [-0.2, -0.15) is 0 Å². The molecular formula is C15H18N2O4. The molecule has 1 saturated heterocycles. The van der Waals surface area contributed by atoms with E-state index in [0.29, 0.717) is 32.5 Å². The molecule has 1 aromatic rings. The van der Waals surface area contributed by atoms with Crippen molar-refractivity contribution in [1.82, 2.24) is 10.2 Å². The van der Waals surface area contributed by atoms with Crippen LogP contribution in [-0.4, -0.2) is 41.7 Å². The van der Waals surface area contributed by atoms with E-state index in [2.05, 4.69) is 5.32 Å². The van der Waals surface area contributed by atoms with E-state index in [0.717, 1.165) is 11.3 Å². The third kappa shape index (κ3) is 2.79. The van der Waals surface area contributed by atoms with Crippen molar-refractivity contribution >= 4 is 12.0 Å². The van der Waals surface area contributed by atoms with E-state index in [-0.39, 0.29) is 18.0 Å². The Morgan fingerprint density at radius 1 is 1.24 bits per heavy atom. The van der Waals surface area contributed by atoms with Crippen LogP contribution in [0, 0.1) is 5.92 Å². The highest BCUT2D eigenvalue weighted by Crippen LogP contribution is 2.31. The van der Waals surface area contributed by atoms with Crippen molar-refractivity contribution in [2.45, 2.75) is 18.9 Å². The van der Waals surface area contributed by atoms with Gasteiger partial charge in [0.2, 0.25) is 0 Å². The maximum absolute atomic E-state index is 12.3. The number of ether oxygens (including phenoxy) is 1. The van der Waals surface area contributed by atoms with Gasteiger partial charge >= 0.3 is 12.0 Å². The lowest BCUT2D eigenvalue weighted by atomic mass is 9.97. The SMILES string of the molecule is O=C(O)C1CCN(C(=O)NC2COc3ccccc32)CC1. The van der Waals surface area contributed by atoms with Gasteiger partial charge in [-0.15, -0.1) is 0 Å². The Morgan fingerprint density at radius 2 is 1.95 bits per heavy atom. The Hall–Kier alpha value is -2.24. The Morgan fingerprint density at radius 3 is 2.67 bits per heavy atom. The zero-order chi connectivity index (χ0) is 14.8. The molecule has 1 aromatic carbocycles. The third-order valence-electron chi connectivity index (χ3n) is 4.13. The minimum Gasteiger partial charge on any atom is -0.491 e. The molecule has 2 aliphatic rings. The van der Waals surface area contributed by atoms with E-state index < -0.39 is 5.97 Å². The van der Waals surface area contributed by atoms with Crippen molar-refractivity contribution in [2.75, 3.05) is 19.7 Å². The van der Waals surface area contributed by atoms with Crippen LogP contribution in [0.4, 0.5) is 4.79 Å². The number of hydrogen-bond acceptors (Lipinski definition) is 3. The van der Waals surface area contributed by atoms with Gasteiger partial charge in [0, 0.05) is 18.7 Å². The summed E-state index contributed by atoms with van der Waals surface area (Å²) in [5.74, 6) is -0.287. The number of carboxylic acid groups (broad SMARTS) is 1. The normalized spacial score (nSPS) is 21.5. The number of carbonyl (C=O) groups excluding carboxylic acids is 1. The summed E-state index contributed by atoms with van der Waals surface area (Å²) < 4.78 is 5.54. The molecule has 0 spiro atoms. The predicted molar refractivity (Wildman–Crippen MR) is 75.1 cm³/mol. The quantitative estimate of drug-likeness (QED) is 0.867. The number of likely N-dealkylation sites (tertiary alicyclic amines) is 1. The summed E-state index contributed by atoms with van der Waals surface area (Å²) in [5.41, 5.74) is 0.992. The molecule has 2 aliphatic heterocycles. The molecule has 1 atom stereocenters. The summed E-state index contributed by atoms with van der Waals surface area (Å²) >= 11 is 0. The molecule has 0 aromatic heterocycles. The van der Waals surface area contributed by atoms with Gasteiger partial charge in [0.05, 0.1) is 12.0 Å². The lowest BCUT2D eigenvalue weighted by Crippen LogP contribution is -2.46. The average molecular weight is 290 g/mol. The molecule has 2 N–H and O–H groups in total. The molecule has 112 valence electrons. The largest absolute Gasteiger partial charge is 0.491 e. The number of benzene rings is 1. The van der Waals surface area contributed by atoms with Crippen LogP contribution in [0.2, 0.25) is 0 Å². The summed E-state index contributed by atoms with van der Waals surface area (Å²) in [6.45, 7) is 1.41. The zero-order valence-corrected chi connectivity index (χ0v) is 11.6. The van der Waals surface area contributed by atoms with Crippen molar-refractivity contribution in [1.29, 1.82) is 0 Å². The van der Waals surface area contributed by atoms with Crippen LogP contribution in [0.1, 0.15) is 24.4 Å². The number of rotatable bonds is 2. The number of carbonyl (C=O) groups is 2. The van der Waals surface area contributed by atoms with Crippen LogP contribution in [0.3, 0.4) is 0 Å². The lowest BCUT2D eigenvalue weighted by Gasteiger charge is -2.31. The van der Waals surface area contributed by atoms with Gasteiger partial charge in [-0.3, -0.25) is 4.79 Å². The fourth-order valence-corrected chi connectivity index (χ4v) is 2.85. The summed E-state index contributed by atoms with van der Waals surface area (Å²) in [7, 11) is 0. The maximum atomic E-state index is 12.3. The lowest BCUT2D eigenvalue weighted by molar-refractivity contribution is -0.143. The summed E-state index contributed by atoms with van der Waals surface area (Å²) in [4.78, 5) is 24.8. The van der Waals surface area contributed by atoms with E-state index in [1.807, 2.05) is 24.3 Å². The van der Waals surface area contributed by atoms with Gasteiger partial charge in [-0.05, 0) is 18.9 Å². The number of hydrogen-bond donors (Lipinski definition) is 2. The van der Waals surface area contributed by atoms with Crippen molar-refractivity contribution < 1.29 is 19.4 Å². The van der Waals surface area contributed by atoms with E-state index in [4.69, 9.17) is 9.84 Å². The van der Waals surface area contributed by atoms with Crippen molar-refractivity contribution in [3.8, 4) is 5.75 Å². The number of urea groups is 1. The molecule has 1 unspecified atom stereocenters. The van der Waals surface area contributed by atoms with Crippen LogP contribution in [0.25, 0.3) is 0 Å².